The van der Waals surface area contributed by atoms with Gasteiger partial charge in [0.1, 0.15) is 5.70 Å². The summed E-state index contributed by atoms with van der Waals surface area (Å²) in [4.78, 5) is 45.2. The second-order valence-corrected chi connectivity index (χ2v) is 5.24. The molecule has 1 aliphatic rings. The maximum atomic E-state index is 11.6. The van der Waals surface area contributed by atoms with E-state index in [9.17, 15) is 29.4 Å². The quantitative estimate of drug-likeness (QED) is 0.546. The van der Waals surface area contributed by atoms with Gasteiger partial charge in [-0.2, -0.15) is 5.11 Å². The lowest BCUT2D eigenvalue weighted by Gasteiger charge is -2.11. The minimum Gasteiger partial charge on any atom is -0.478 e. The Bertz CT molecular complexity index is 969. The van der Waals surface area contributed by atoms with Crippen LogP contribution >= 0.6 is 0 Å². The van der Waals surface area contributed by atoms with Gasteiger partial charge in [0.05, 0.1) is 16.8 Å². The van der Waals surface area contributed by atoms with E-state index in [4.69, 9.17) is 10.2 Å². The van der Waals surface area contributed by atoms with E-state index in [0.717, 1.165) is 0 Å². The van der Waals surface area contributed by atoms with Gasteiger partial charge in [0, 0.05) is 18.6 Å². The molecule has 0 amide bonds. The average molecular weight is 372 g/mol. The van der Waals surface area contributed by atoms with Gasteiger partial charge >= 0.3 is 23.9 Å². The van der Waals surface area contributed by atoms with Gasteiger partial charge in [0.15, 0.2) is 0 Å². The fourth-order valence-electron chi connectivity index (χ4n) is 2.39. The van der Waals surface area contributed by atoms with Gasteiger partial charge in [-0.15, -0.1) is 5.11 Å². The van der Waals surface area contributed by atoms with Crippen LogP contribution in [0.4, 0.5) is 5.69 Å². The number of carboxylic acids is 4. The standard InChI is InChI=1S/C17H12N2O8/c20-13(21)6-10(16(24)25)9-5-8-3-1-2-4-12(8)18-19-15(9)11(17(26)27)7-14(22)23/h1-4,6-7H,5H2,(H,20,21)(H,22,23)(H,24,25)(H,26,27)/b10-6+,11-7+. The normalized spacial score (nSPS) is 14.4. The van der Waals surface area contributed by atoms with Crippen molar-refractivity contribution >= 4 is 29.6 Å². The fourth-order valence-corrected chi connectivity index (χ4v) is 2.39. The summed E-state index contributed by atoms with van der Waals surface area (Å²) in [6.45, 7) is 0. The second-order valence-electron chi connectivity index (χ2n) is 5.24. The Morgan fingerprint density at radius 1 is 0.815 bits per heavy atom. The first kappa shape index (κ1) is 19.2. The Kier molecular flexibility index (Phi) is 5.61. The molecule has 2 rings (SSSR count). The molecule has 0 fully saturated rings. The SMILES string of the molecule is O=C(O)/C=C(/C(=O)O)C1=C(/C(=C\C(=O)O)C(=O)O)N=Nc2ccccc2C1. The highest BCUT2D eigenvalue weighted by atomic mass is 16.4. The summed E-state index contributed by atoms with van der Waals surface area (Å²) in [5, 5.41) is 44.2. The van der Waals surface area contributed by atoms with E-state index in [-0.39, 0.29) is 12.0 Å². The monoisotopic (exact) mass is 372 g/mol. The van der Waals surface area contributed by atoms with Gasteiger partial charge in [-0.05, 0) is 17.2 Å². The third-order valence-corrected chi connectivity index (χ3v) is 3.48. The van der Waals surface area contributed by atoms with Crippen molar-refractivity contribution in [2.24, 2.45) is 10.2 Å². The van der Waals surface area contributed by atoms with Crippen molar-refractivity contribution in [1.29, 1.82) is 0 Å². The predicted molar refractivity (Wildman–Crippen MR) is 88.4 cm³/mol. The molecule has 138 valence electrons. The Hall–Kier alpha value is -4.08. The first-order valence-corrected chi connectivity index (χ1v) is 7.30. The Labute approximate surface area is 151 Å². The predicted octanol–water partition coefficient (Wildman–Crippen LogP) is 1.77. The zero-order valence-electron chi connectivity index (χ0n) is 13.5. The number of nitrogens with zero attached hydrogens (tertiary/aromatic N) is 2. The molecule has 0 aromatic heterocycles. The third kappa shape index (κ3) is 4.51. The highest BCUT2D eigenvalue weighted by molar-refractivity contribution is 6.02. The van der Waals surface area contributed by atoms with Gasteiger partial charge in [0.2, 0.25) is 0 Å². The molecule has 0 atom stereocenters. The molecule has 0 bridgehead atoms. The van der Waals surface area contributed by atoms with Crippen molar-refractivity contribution in [3.05, 3.63) is 64.4 Å². The molecule has 1 aromatic carbocycles. The van der Waals surface area contributed by atoms with E-state index in [1.54, 1.807) is 24.3 Å². The zero-order valence-corrected chi connectivity index (χ0v) is 13.5. The van der Waals surface area contributed by atoms with Crippen LogP contribution in [0.15, 0.2) is 69.1 Å². The van der Waals surface area contributed by atoms with Crippen molar-refractivity contribution < 1.29 is 39.6 Å². The highest BCUT2D eigenvalue weighted by Crippen LogP contribution is 2.34. The van der Waals surface area contributed by atoms with Crippen LogP contribution in [0.1, 0.15) is 5.56 Å². The summed E-state index contributed by atoms with van der Waals surface area (Å²) >= 11 is 0. The first-order chi connectivity index (χ1) is 12.7. The highest BCUT2D eigenvalue weighted by Gasteiger charge is 2.27. The zero-order chi connectivity index (χ0) is 20.1. The van der Waals surface area contributed by atoms with Gasteiger partial charge in [-0.3, -0.25) is 0 Å². The maximum Gasteiger partial charge on any atom is 0.338 e. The smallest absolute Gasteiger partial charge is 0.338 e. The van der Waals surface area contributed by atoms with Crippen molar-refractivity contribution in [2.75, 3.05) is 0 Å². The van der Waals surface area contributed by atoms with Crippen LogP contribution in [0.25, 0.3) is 0 Å². The number of aliphatic carboxylic acids is 4. The van der Waals surface area contributed by atoms with E-state index >= 15 is 0 Å². The molecular weight excluding hydrogens is 360 g/mol. The number of carbonyl (C=O) groups is 4. The van der Waals surface area contributed by atoms with Crippen LogP contribution in [0.5, 0.6) is 0 Å². The number of hydrogen-bond donors (Lipinski definition) is 4. The molecule has 1 aromatic rings. The van der Waals surface area contributed by atoms with E-state index in [0.29, 0.717) is 23.4 Å². The van der Waals surface area contributed by atoms with Crippen molar-refractivity contribution in [1.82, 2.24) is 0 Å². The molecule has 0 radical (unpaired) electrons. The van der Waals surface area contributed by atoms with Crippen LogP contribution in [-0.2, 0) is 25.6 Å². The minimum absolute atomic E-state index is 0.214. The Balaban J connectivity index is 2.85. The number of benzene rings is 1. The molecule has 10 heteroatoms. The van der Waals surface area contributed by atoms with Crippen molar-refractivity contribution in [3.8, 4) is 0 Å². The largest absolute Gasteiger partial charge is 0.478 e. The maximum absolute atomic E-state index is 11.6. The molecule has 27 heavy (non-hydrogen) atoms. The number of fused-ring (bicyclic) bond motifs is 1. The fraction of sp³-hybridized carbons (Fsp3) is 0.0588. The lowest BCUT2D eigenvalue weighted by Crippen LogP contribution is -2.14. The van der Waals surface area contributed by atoms with Crippen LogP contribution in [0, 0.1) is 0 Å². The van der Waals surface area contributed by atoms with E-state index in [2.05, 4.69) is 10.2 Å². The van der Waals surface area contributed by atoms with Crippen LogP contribution < -0.4 is 0 Å². The number of azo groups is 1. The molecule has 0 saturated carbocycles. The average Bonchev–Trinajstić information content (AvgIpc) is 2.76. The third-order valence-electron chi connectivity index (χ3n) is 3.48. The molecule has 4 N–H and O–H groups in total. The number of rotatable bonds is 6. The van der Waals surface area contributed by atoms with Gasteiger partial charge in [-0.25, -0.2) is 19.2 Å². The van der Waals surface area contributed by atoms with Crippen LogP contribution in [0.3, 0.4) is 0 Å². The van der Waals surface area contributed by atoms with E-state index < -0.39 is 40.7 Å². The van der Waals surface area contributed by atoms with Crippen LogP contribution in [-0.4, -0.2) is 44.3 Å². The van der Waals surface area contributed by atoms with Gasteiger partial charge < -0.3 is 20.4 Å². The van der Waals surface area contributed by atoms with Crippen molar-refractivity contribution in [3.63, 3.8) is 0 Å². The summed E-state index contributed by atoms with van der Waals surface area (Å²) in [6.07, 6.45) is 0.516. The Morgan fingerprint density at radius 2 is 1.37 bits per heavy atom. The molecule has 0 saturated heterocycles. The molecule has 10 nitrogen and oxygen atoms in total. The van der Waals surface area contributed by atoms with E-state index in [1.807, 2.05) is 0 Å². The summed E-state index contributed by atoms with van der Waals surface area (Å²) in [6, 6.07) is 6.38. The van der Waals surface area contributed by atoms with Gasteiger partial charge in [0.25, 0.3) is 0 Å². The molecular formula is C17H12N2O8. The number of hydrogen-bond acceptors (Lipinski definition) is 6. The lowest BCUT2D eigenvalue weighted by atomic mass is 9.92. The molecule has 0 spiro atoms. The van der Waals surface area contributed by atoms with Crippen molar-refractivity contribution in [2.45, 2.75) is 6.42 Å². The number of carboxylic acid groups (broad SMARTS) is 4. The molecule has 0 unspecified atom stereocenters. The molecule has 1 heterocycles. The summed E-state index contributed by atoms with van der Waals surface area (Å²) in [5.74, 6) is -6.50. The van der Waals surface area contributed by atoms with E-state index in [1.165, 1.54) is 0 Å². The Morgan fingerprint density at radius 3 is 1.93 bits per heavy atom. The first-order valence-electron chi connectivity index (χ1n) is 7.30. The topological polar surface area (TPSA) is 174 Å². The second kappa shape index (κ2) is 7.87. The lowest BCUT2D eigenvalue weighted by molar-refractivity contribution is -0.135. The summed E-state index contributed by atoms with van der Waals surface area (Å²) in [5.41, 5.74) is -1.62. The molecule has 0 aliphatic carbocycles. The summed E-state index contributed by atoms with van der Waals surface area (Å²) < 4.78 is 0. The summed E-state index contributed by atoms with van der Waals surface area (Å²) in [7, 11) is 0. The van der Waals surface area contributed by atoms with Gasteiger partial charge in [-0.1, -0.05) is 18.2 Å². The van der Waals surface area contributed by atoms with Crippen LogP contribution in [0.2, 0.25) is 0 Å². The molecule has 1 aliphatic heterocycles. The minimum atomic E-state index is -1.69.